The van der Waals surface area contributed by atoms with Crippen molar-refractivity contribution in [2.24, 2.45) is 11.8 Å². The molecular weight excluding hydrogens is 284 g/mol. The summed E-state index contributed by atoms with van der Waals surface area (Å²) in [6, 6.07) is 8.42. The minimum Gasteiger partial charge on any atom is -0.207 e. The fraction of sp³-hybridized carbons (Fsp3) is 0.562. The Kier molecular flexibility index (Phi) is 5.02. The minimum atomic E-state index is -3.57. The van der Waals surface area contributed by atoms with Gasteiger partial charge < -0.3 is 0 Å². The molecule has 0 aliphatic carbocycles. The van der Waals surface area contributed by atoms with E-state index >= 15 is 0 Å². The lowest BCUT2D eigenvalue weighted by molar-refractivity contribution is 0.341. The Balaban J connectivity index is 2.26. The molecule has 0 amide bonds. The van der Waals surface area contributed by atoms with E-state index in [-0.39, 0.29) is 10.5 Å². The molecule has 21 heavy (non-hydrogen) atoms. The van der Waals surface area contributed by atoms with Crippen molar-refractivity contribution in [3.63, 3.8) is 0 Å². The number of benzene rings is 1. The largest absolute Gasteiger partial charge is 0.244 e. The highest BCUT2D eigenvalue weighted by molar-refractivity contribution is 7.89. The van der Waals surface area contributed by atoms with Crippen molar-refractivity contribution in [2.45, 2.75) is 38.0 Å². The summed E-state index contributed by atoms with van der Waals surface area (Å²) in [5.74, 6) is 1.16. The van der Waals surface area contributed by atoms with Gasteiger partial charge in [-0.3, -0.25) is 0 Å². The van der Waals surface area contributed by atoms with Crippen LogP contribution in [-0.4, -0.2) is 25.8 Å². The summed E-state index contributed by atoms with van der Waals surface area (Å²) in [5.41, 5.74) is 0.224. The second-order valence-electron chi connectivity index (χ2n) is 5.95. The molecule has 1 heterocycles. The molecule has 5 heteroatoms. The van der Waals surface area contributed by atoms with Crippen LogP contribution in [-0.2, 0) is 10.0 Å². The van der Waals surface area contributed by atoms with Gasteiger partial charge in [0.05, 0.1) is 10.5 Å². The molecule has 1 aliphatic rings. The first-order valence-corrected chi connectivity index (χ1v) is 8.90. The highest BCUT2D eigenvalue weighted by Gasteiger charge is 2.29. The first kappa shape index (κ1) is 16.0. The van der Waals surface area contributed by atoms with Crippen LogP contribution < -0.4 is 0 Å². The molecule has 1 unspecified atom stereocenters. The standard InChI is InChI=1S/C16H22N2O2S/c1-13(2)14-7-5-10-18(11-9-14)21(19,20)16-8-4-3-6-15(16)12-17/h3-4,6,8,13-14H,5,7,9-11H2,1-2H3. The van der Waals surface area contributed by atoms with Gasteiger partial charge in [0.25, 0.3) is 0 Å². The lowest BCUT2D eigenvalue weighted by Gasteiger charge is -2.21. The molecular formula is C16H22N2O2S. The molecule has 0 saturated carbocycles. The van der Waals surface area contributed by atoms with Gasteiger partial charge in [0.15, 0.2) is 0 Å². The monoisotopic (exact) mass is 306 g/mol. The molecule has 1 aromatic carbocycles. The Morgan fingerprint density at radius 1 is 1.24 bits per heavy atom. The molecule has 1 saturated heterocycles. The molecule has 0 spiro atoms. The molecule has 1 aromatic rings. The van der Waals surface area contributed by atoms with Gasteiger partial charge in [-0.1, -0.05) is 26.0 Å². The maximum Gasteiger partial charge on any atom is 0.244 e. The van der Waals surface area contributed by atoms with E-state index in [1.54, 1.807) is 22.5 Å². The fourth-order valence-corrected chi connectivity index (χ4v) is 4.56. The number of nitrogens with zero attached hydrogens (tertiary/aromatic N) is 2. The molecule has 4 nitrogen and oxygen atoms in total. The molecule has 114 valence electrons. The maximum absolute atomic E-state index is 12.8. The van der Waals surface area contributed by atoms with Crippen LogP contribution in [0.4, 0.5) is 0 Å². The number of rotatable bonds is 3. The quantitative estimate of drug-likeness (QED) is 0.862. The molecule has 1 atom stereocenters. The highest BCUT2D eigenvalue weighted by atomic mass is 32.2. The Morgan fingerprint density at radius 3 is 2.62 bits per heavy atom. The average molecular weight is 306 g/mol. The number of nitriles is 1. The van der Waals surface area contributed by atoms with Crippen molar-refractivity contribution < 1.29 is 8.42 Å². The summed E-state index contributed by atoms with van der Waals surface area (Å²) < 4.78 is 27.1. The molecule has 0 bridgehead atoms. The molecule has 0 N–H and O–H groups in total. The minimum absolute atomic E-state index is 0.135. The number of sulfonamides is 1. The Morgan fingerprint density at radius 2 is 1.95 bits per heavy atom. The van der Waals surface area contributed by atoms with Crippen LogP contribution >= 0.6 is 0 Å². The van der Waals surface area contributed by atoms with Gasteiger partial charge in [-0.25, -0.2) is 8.42 Å². The third kappa shape index (κ3) is 3.45. The third-order valence-corrected chi connectivity index (χ3v) is 6.26. The van der Waals surface area contributed by atoms with Crippen LogP contribution in [0.5, 0.6) is 0 Å². The fourth-order valence-electron chi connectivity index (χ4n) is 2.93. The van der Waals surface area contributed by atoms with Crippen molar-refractivity contribution >= 4 is 10.0 Å². The number of hydrogen-bond acceptors (Lipinski definition) is 3. The summed E-state index contributed by atoms with van der Waals surface area (Å²) in [7, 11) is -3.57. The molecule has 1 fully saturated rings. The Labute approximate surface area is 127 Å². The van der Waals surface area contributed by atoms with Gasteiger partial charge in [0.2, 0.25) is 10.0 Å². The molecule has 2 rings (SSSR count). The Bertz CT molecular complexity index is 632. The predicted molar refractivity (Wildman–Crippen MR) is 82.1 cm³/mol. The highest BCUT2D eigenvalue weighted by Crippen LogP contribution is 2.28. The van der Waals surface area contributed by atoms with E-state index < -0.39 is 10.0 Å². The van der Waals surface area contributed by atoms with Crippen molar-refractivity contribution in [3.05, 3.63) is 29.8 Å². The zero-order valence-electron chi connectivity index (χ0n) is 12.6. The predicted octanol–water partition coefficient (Wildman–Crippen LogP) is 3.01. The second-order valence-corrected chi connectivity index (χ2v) is 7.85. The van der Waals surface area contributed by atoms with E-state index in [2.05, 4.69) is 13.8 Å². The van der Waals surface area contributed by atoms with E-state index in [4.69, 9.17) is 5.26 Å². The van der Waals surface area contributed by atoms with Gasteiger partial charge in [-0.2, -0.15) is 9.57 Å². The van der Waals surface area contributed by atoms with E-state index in [9.17, 15) is 8.42 Å². The van der Waals surface area contributed by atoms with Crippen LogP contribution in [0.15, 0.2) is 29.2 Å². The van der Waals surface area contributed by atoms with Crippen LogP contribution in [0.3, 0.4) is 0 Å². The zero-order chi connectivity index (χ0) is 15.5. The SMILES string of the molecule is CC(C)C1CCCN(S(=O)(=O)c2ccccc2C#N)CC1. The molecule has 1 aliphatic heterocycles. The summed E-state index contributed by atoms with van der Waals surface area (Å²) in [4.78, 5) is 0.135. The summed E-state index contributed by atoms with van der Waals surface area (Å²) in [5, 5.41) is 9.12. The van der Waals surface area contributed by atoms with Gasteiger partial charge in [0.1, 0.15) is 6.07 Å². The van der Waals surface area contributed by atoms with Crippen molar-refractivity contribution in [1.29, 1.82) is 5.26 Å². The normalized spacial score (nSPS) is 21.0. The molecule has 0 radical (unpaired) electrons. The zero-order valence-corrected chi connectivity index (χ0v) is 13.4. The summed E-state index contributed by atoms with van der Waals surface area (Å²) >= 11 is 0. The van der Waals surface area contributed by atoms with Gasteiger partial charge in [0, 0.05) is 13.1 Å². The summed E-state index contributed by atoms with van der Waals surface area (Å²) in [6.45, 7) is 5.48. The van der Waals surface area contributed by atoms with Gasteiger partial charge in [-0.05, 0) is 43.2 Å². The van der Waals surface area contributed by atoms with E-state index in [1.807, 2.05) is 6.07 Å². The van der Waals surface area contributed by atoms with Crippen molar-refractivity contribution in [3.8, 4) is 6.07 Å². The van der Waals surface area contributed by atoms with Crippen LogP contribution in [0.1, 0.15) is 38.7 Å². The first-order valence-electron chi connectivity index (χ1n) is 7.46. The van der Waals surface area contributed by atoms with Crippen LogP contribution in [0.2, 0.25) is 0 Å². The van der Waals surface area contributed by atoms with Crippen LogP contribution in [0.25, 0.3) is 0 Å². The number of hydrogen-bond donors (Lipinski definition) is 0. The first-order chi connectivity index (χ1) is 9.96. The van der Waals surface area contributed by atoms with E-state index in [0.717, 1.165) is 19.3 Å². The third-order valence-electron chi connectivity index (χ3n) is 4.30. The van der Waals surface area contributed by atoms with E-state index in [1.165, 1.54) is 6.07 Å². The van der Waals surface area contributed by atoms with E-state index in [0.29, 0.717) is 24.9 Å². The van der Waals surface area contributed by atoms with Gasteiger partial charge in [-0.15, -0.1) is 0 Å². The topological polar surface area (TPSA) is 61.2 Å². The second kappa shape index (κ2) is 6.59. The van der Waals surface area contributed by atoms with Crippen LogP contribution in [0, 0.1) is 23.2 Å². The average Bonchev–Trinajstić information content (AvgIpc) is 2.73. The maximum atomic E-state index is 12.8. The smallest absolute Gasteiger partial charge is 0.207 e. The van der Waals surface area contributed by atoms with Gasteiger partial charge >= 0.3 is 0 Å². The Hall–Kier alpha value is -1.38. The van der Waals surface area contributed by atoms with Crippen molar-refractivity contribution in [1.82, 2.24) is 4.31 Å². The summed E-state index contributed by atoms with van der Waals surface area (Å²) in [6.07, 6.45) is 2.85. The van der Waals surface area contributed by atoms with Crippen molar-refractivity contribution in [2.75, 3.05) is 13.1 Å². The lowest BCUT2D eigenvalue weighted by atomic mass is 9.89. The lowest BCUT2D eigenvalue weighted by Crippen LogP contribution is -2.32. The molecule has 0 aromatic heterocycles.